The van der Waals surface area contributed by atoms with Gasteiger partial charge in [0.1, 0.15) is 11.9 Å². The van der Waals surface area contributed by atoms with Crippen molar-refractivity contribution in [3.63, 3.8) is 0 Å². The molecular weight excluding hydrogens is 473 g/mol. The molecule has 192 valence electrons. The first-order chi connectivity index (χ1) is 18.0. The van der Waals surface area contributed by atoms with Crippen molar-refractivity contribution in [1.82, 2.24) is 30.1 Å². The topological polar surface area (TPSA) is 92.2 Å². The van der Waals surface area contributed by atoms with Gasteiger partial charge in [-0.1, -0.05) is 12.1 Å². The second kappa shape index (κ2) is 10.0. The number of nitrogens with one attached hydrogen (secondary N) is 1. The summed E-state index contributed by atoms with van der Waals surface area (Å²) in [6.07, 6.45) is 2.06. The molecule has 2 aromatic carbocycles. The highest BCUT2D eigenvalue weighted by Crippen LogP contribution is 2.29. The Labute approximate surface area is 213 Å². The molecule has 2 saturated heterocycles. The highest BCUT2D eigenvalue weighted by molar-refractivity contribution is 5.79. The quantitative estimate of drug-likeness (QED) is 0.432. The molecule has 0 radical (unpaired) electrons. The predicted molar refractivity (Wildman–Crippen MR) is 138 cm³/mol. The molecule has 6 rings (SSSR count). The number of rotatable bonds is 6. The minimum Gasteiger partial charge on any atom is -0.376 e. The number of aromatic amines is 1. The monoisotopic (exact) mass is 503 g/mol. The van der Waals surface area contributed by atoms with Crippen LogP contribution in [0.25, 0.3) is 10.9 Å². The van der Waals surface area contributed by atoms with Crippen LogP contribution in [0.1, 0.15) is 35.8 Å². The van der Waals surface area contributed by atoms with Gasteiger partial charge in [0.05, 0.1) is 12.6 Å². The van der Waals surface area contributed by atoms with E-state index in [0.717, 1.165) is 54.7 Å². The van der Waals surface area contributed by atoms with Gasteiger partial charge in [-0.05, 0) is 77.5 Å². The molecule has 4 heterocycles. The van der Waals surface area contributed by atoms with E-state index in [-0.39, 0.29) is 17.5 Å². The van der Waals surface area contributed by atoms with E-state index in [1.165, 1.54) is 12.1 Å². The lowest BCUT2D eigenvalue weighted by Crippen LogP contribution is -2.49. The second-order valence-electron chi connectivity index (χ2n) is 9.90. The first-order valence-corrected chi connectivity index (χ1v) is 12.8. The molecule has 37 heavy (non-hydrogen) atoms. The van der Waals surface area contributed by atoms with Crippen LogP contribution in [0.3, 0.4) is 0 Å². The number of halogens is 1. The molecule has 4 aromatic rings. The van der Waals surface area contributed by atoms with Crippen molar-refractivity contribution in [2.24, 2.45) is 0 Å². The fraction of sp³-hybridized carbons (Fsp3) is 0.407. The molecule has 0 unspecified atom stereocenters. The van der Waals surface area contributed by atoms with Gasteiger partial charge in [0.15, 0.2) is 5.82 Å². The molecule has 0 spiro atoms. The molecule has 2 aromatic heterocycles. The van der Waals surface area contributed by atoms with Crippen molar-refractivity contribution in [2.45, 2.75) is 38.5 Å². The normalized spacial score (nSPS) is 19.5. The van der Waals surface area contributed by atoms with Crippen LogP contribution in [0.2, 0.25) is 0 Å². The second-order valence-corrected chi connectivity index (χ2v) is 9.90. The average Bonchev–Trinajstić information content (AvgIpc) is 3.58. The zero-order valence-electron chi connectivity index (χ0n) is 20.8. The third kappa shape index (κ3) is 4.86. The van der Waals surface area contributed by atoms with Crippen LogP contribution in [0.5, 0.6) is 0 Å². The van der Waals surface area contributed by atoms with E-state index in [1.807, 2.05) is 31.2 Å². The van der Waals surface area contributed by atoms with E-state index in [4.69, 9.17) is 4.74 Å². The molecule has 2 atom stereocenters. The van der Waals surface area contributed by atoms with Crippen molar-refractivity contribution in [3.05, 3.63) is 81.7 Å². The lowest BCUT2D eigenvalue weighted by atomic mass is 10.0. The molecule has 1 N–H and O–H groups in total. The Morgan fingerprint density at radius 3 is 2.68 bits per heavy atom. The van der Waals surface area contributed by atoms with Gasteiger partial charge in [0, 0.05) is 49.6 Å². The van der Waals surface area contributed by atoms with Gasteiger partial charge in [-0.15, -0.1) is 5.10 Å². The fourth-order valence-electron chi connectivity index (χ4n) is 5.44. The minimum absolute atomic E-state index is 0.0658. The van der Waals surface area contributed by atoms with Crippen molar-refractivity contribution in [3.8, 4) is 0 Å². The maximum Gasteiger partial charge on any atom is 0.253 e. The standard InChI is InChI=1S/C27H30FN7O2/c1-18-4-5-19-16-23(27(36)29-24(19)15-18)25(26-30-31-32-35(26)17-22-3-2-14-37-22)34-12-10-33(11-13-34)21-8-6-20(28)7-9-21/h4-9,15-16,22,25H,2-3,10-14,17H2,1H3,(H,29,36)/t22-,25+/m0/s1. The van der Waals surface area contributed by atoms with E-state index >= 15 is 0 Å². The third-order valence-electron chi connectivity index (χ3n) is 7.40. The number of aryl methyl sites for hydroxylation is 1. The smallest absolute Gasteiger partial charge is 0.253 e. The maximum absolute atomic E-state index is 13.5. The van der Waals surface area contributed by atoms with E-state index in [2.05, 4.69) is 30.3 Å². The van der Waals surface area contributed by atoms with Crippen LogP contribution in [0.15, 0.2) is 53.3 Å². The minimum atomic E-state index is -0.416. The van der Waals surface area contributed by atoms with Crippen LogP contribution in [-0.4, -0.2) is 69.0 Å². The molecule has 2 aliphatic rings. The summed E-state index contributed by atoms with van der Waals surface area (Å²) in [4.78, 5) is 21.0. The molecule has 0 amide bonds. The Balaban J connectivity index is 1.35. The summed E-state index contributed by atoms with van der Waals surface area (Å²) in [5, 5.41) is 13.7. The van der Waals surface area contributed by atoms with Gasteiger partial charge < -0.3 is 14.6 Å². The lowest BCUT2D eigenvalue weighted by molar-refractivity contribution is 0.0906. The molecule has 9 nitrogen and oxygen atoms in total. The van der Waals surface area contributed by atoms with Crippen molar-refractivity contribution < 1.29 is 9.13 Å². The Morgan fingerprint density at radius 1 is 1.11 bits per heavy atom. The molecule has 0 bridgehead atoms. The average molecular weight is 504 g/mol. The highest BCUT2D eigenvalue weighted by atomic mass is 19.1. The molecule has 10 heteroatoms. The van der Waals surface area contributed by atoms with Crippen LogP contribution in [0, 0.1) is 12.7 Å². The van der Waals surface area contributed by atoms with Gasteiger partial charge >= 0.3 is 0 Å². The van der Waals surface area contributed by atoms with E-state index in [9.17, 15) is 9.18 Å². The van der Waals surface area contributed by atoms with E-state index in [0.29, 0.717) is 31.0 Å². The number of ether oxygens (including phenoxy) is 1. The maximum atomic E-state index is 13.5. The number of hydrogen-bond acceptors (Lipinski definition) is 7. The van der Waals surface area contributed by atoms with E-state index in [1.54, 1.807) is 16.8 Å². The first-order valence-electron chi connectivity index (χ1n) is 12.8. The zero-order valence-corrected chi connectivity index (χ0v) is 20.8. The van der Waals surface area contributed by atoms with Crippen LogP contribution in [0.4, 0.5) is 10.1 Å². The van der Waals surface area contributed by atoms with Crippen molar-refractivity contribution >= 4 is 16.6 Å². The van der Waals surface area contributed by atoms with Crippen LogP contribution in [-0.2, 0) is 11.3 Å². The summed E-state index contributed by atoms with van der Waals surface area (Å²) >= 11 is 0. The predicted octanol–water partition coefficient (Wildman–Crippen LogP) is 3.05. The number of benzene rings is 2. The SMILES string of the molecule is Cc1ccc2cc([C@H](c3nnnn3C[C@@H]3CCCO3)N3CCN(c4ccc(F)cc4)CC3)c(=O)[nH]c2c1. The van der Waals surface area contributed by atoms with Crippen molar-refractivity contribution in [2.75, 3.05) is 37.7 Å². The number of H-pyrrole nitrogens is 1. The zero-order chi connectivity index (χ0) is 25.4. The summed E-state index contributed by atoms with van der Waals surface area (Å²) in [5.41, 5.74) is 3.36. The number of anilines is 1. The summed E-state index contributed by atoms with van der Waals surface area (Å²) < 4.78 is 21.1. The summed E-state index contributed by atoms with van der Waals surface area (Å²) in [5.74, 6) is 0.397. The van der Waals surface area contributed by atoms with Crippen LogP contribution < -0.4 is 10.5 Å². The third-order valence-corrected chi connectivity index (χ3v) is 7.40. The summed E-state index contributed by atoms with van der Waals surface area (Å²) in [7, 11) is 0. The number of nitrogens with zero attached hydrogens (tertiary/aromatic N) is 6. The Morgan fingerprint density at radius 2 is 1.92 bits per heavy atom. The number of aromatic nitrogens is 5. The van der Waals surface area contributed by atoms with Gasteiger partial charge in [-0.3, -0.25) is 9.69 Å². The number of pyridine rings is 1. The largest absolute Gasteiger partial charge is 0.376 e. The van der Waals surface area contributed by atoms with Gasteiger partial charge in [0.2, 0.25) is 0 Å². The number of tetrazole rings is 1. The number of fused-ring (bicyclic) bond motifs is 1. The summed E-state index contributed by atoms with van der Waals surface area (Å²) in [6, 6.07) is 14.2. The lowest BCUT2D eigenvalue weighted by Gasteiger charge is -2.39. The van der Waals surface area contributed by atoms with E-state index < -0.39 is 6.04 Å². The van der Waals surface area contributed by atoms with Gasteiger partial charge in [0.25, 0.3) is 5.56 Å². The van der Waals surface area contributed by atoms with Crippen molar-refractivity contribution in [1.29, 1.82) is 0 Å². The molecule has 0 aliphatic carbocycles. The van der Waals surface area contributed by atoms with Gasteiger partial charge in [-0.25, -0.2) is 9.07 Å². The highest BCUT2D eigenvalue weighted by Gasteiger charge is 2.33. The number of piperazine rings is 1. The summed E-state index contributed by atoms with van der Waals surface area (Å²) in [6.45, 7) is 6.18. The Bertz CT molecular complexity index is 1440. The van der Waals surface area contributed by atoms with Crippen LogP contribution >= 0.6 is 0 Å². The first kappa shape index (κ1) is 23.7. The molecule has 2 aliphatic heterocycles. The molecular formula is C27H30FN7O2. The Hall–Kier alpha value is -3.63. The number of hydrogen-bond donors (Lipinski definition) is 1. The molecule has 0 saturated carbocycles. The molecule has 2 fully saturated rings. The van der Waals surface area contributed by atoms with Gasteiger partial charge in [-0.2, -0.15) is 0 Å². The fourth-order valence-corrected chi connectivity index (χ4v) is 5.44. The Kier molecular flexibility index (Phi) is 6.43.